The van der Waals surface area contributed by atoms with Crippen molar-refractivity contribution in [3.63, 3.8) is 0 Å². The molecule has 21 heavy (non-hydrogen) atoms. The highest BCUT2D eigenvalue weighted by molar-refractivity contribution is 5.47. The number of aromatic hydroxyl groups is 3. The van der Waals surface area contributed by atoms with Crippen LogP contribution in [0, 0.1) is 0 Å². The van der Waals surface area contributed by atoms with E-state index in [1.54, 1.807) is 30.3 Å². The first-order chi connectivity index (χ1) is 9.77. The second-order valence-corrected chi connectivity index (χ2v) is 5.60. The Labute approximate surface area is 125 Å². The van der Waals surface area contributed by atoms with Crippen LogP contribution >= 0.6 is 0 Å². The SMILES string of the molecule is CC(C)(C)c1cccc(O)c1O.COc1ccccc1O. The zero-order valence-electron chi connectivity index (χ0n) is 12.8. The Hall–Kier alpha value is -2.36. The number of methoxy groups -OCH3 is 1. The largest absolute Gasteiger partial charge is 0.504 e. The van der Waals surface area contributed by atoms with E-state index >= 15 is 0 Å². The summed E-state index contributed by atoms with van der Waals surface area (Å²) < 4.78 is 4.79. The monoisotopic (exact) mass is 290 g/mol. The molecule has 0 aliphatic carbocycles. The third-order valence-electron chi connectivity index (χ3n) is 2.91. The second kappa shape index (κ2) is 6.88. The van der Waals surface area contributed by atoms with Gasteiger partial charge in [-0.3, -0.25) is 0 Å². The summed E-state index contributed by atoms with van der Waals surface area (Å²) in [6.45, 7) is 5.96. The molecule has 0 spiro atoms. The van der Waals surface area contributed by atoms with Crippen molar-refractivity contribution >= 4 is 0 Å². The molecule has 4 heteroatoms. The molecule has 0 aromatic heterocycles. The van der Waals surface area contributed by atoms with Crippen LogP contribution in [0.1, 0.15) is 26.3 Å². The summed E-state index contributed by atoms with van der Waals surface area (Å²) in [6.07, 6.45) is 0. The average molecular weight is 290 g/mol. The molecule has 0 radical (unpaired) electrons. The lowest BCUT2D eigenvalue weighted by molar-refractivity contribution is 0.373. The van der Waals surface area contributed by atoms with Gasteiger partial charge >= 0.3 is 0 Å². The summed E-state index contributed by atoms with van der Waals surface area (Å²) in [6, 6.07) is 11.9. The summed E-state index contributed by atoms with van der Waals surface area (Å²) in [5.41, 5.74) is 0.630. The molecule has 2 aromatic carbocycles. The number of phenols is 3. The van der Waals surface area contributed by atoms with Crippen molar-refractivity contribution in [3.8, 4) is 23.0 Å². The van der Waals surface area contributed by atoms with E-state index < -0.39 is 0 Å². The molecule has 0 saturated carbocycles. The van der Waals surface area contributed by atoms with Crippen molar-refractivity contribution in [2.75, 3.05) is 7.11 Å². The van der Waals surface area contributed by atoms with Gasteiger partial charge in [-0.15, -0.1) is 0 Å². The molecule has 0 fully saturated rings. The van der Waals surface area contributed by atoms with Crippen molar-refractivity contribution in [2.24, 2.45) is 0 Å². The minimum Gasteiger partial charge on any atom is -0.504 e. The van der Waals surface area contributed by atoms with Crippen LogP contribution in [0.25, 0.3) is 0 Å². The smallest absolute Gasteiger partial charge is 0.161 e. The fraction of sp³-hybridized carbons (Fsp3) is 0.294. The Morgan fingerprint density at radius 2 is 1.38 bits per heavy atom. The maximum absolute atomic E-state index is 9.48. The Morgan fingerprint density at radius 3 is 1.81 bits per heavy atom. The van der Waals surface area contributed by atoms with Gasteiger partial charge in [-0.25, -0.2) is 0 Å². The Kier molecular flexibility index (Phi) is 5.47. The fourth-order valence-electron chi connectivity index (χ4n) is 1.77. The third kappa shape index (κ3) is 4.60. The van der Waals surface area contributed by atoms with E-state index in [0.717, 1.165) is 5.56 Å². The van der Waals surface area contributed by atoms with Gasteiger partial charge in [0, 0.05) is 5.56 Å². The van der Waals surface area contributed by atoms with Crippen molar-refractivity contribution in [3.05, 3.63) is 48.0 Å². The van der Waals surface area contributed by atoms with E-state index in [1.807, 2.05) is 26.8 Å². The minimum absolute atomic E-state index is 0.00926. The molecular formula is C17H22O4. The number of hydrogen-bond acceptors (Lipinski definition) is 4. The van der Waals surface area contributed by atoms with Crippen LogP contribution in [0.5, 0.6) is 23.0 Å². The number of para-hydroxylation sites is 3. The van der Waals surface area contributed by atoms with Gasteiger partial charge in [0.25, 0.3) is 0 Å². The number of benzene rings is 2. The van der Waals surface area contributed by atoms with E-state index in [-0.39, 0.29) is 22.7 Å². The van der Waals surface area contributed by atoms with Crippen LogP contribution in [0.3, 0.4) is 0 Å². The summed E-state index contributed by atoms with van der Waals surface area (Å²) in [4.78, 5) is 0. The first kappa shape index (κ1) is 16.7. The van der Waals surface area contributed by atoms with Gasteiger partial charge < -0.3 is 20.1 Å². The van der Waals surface area contributed by atoms with Crippen LogP contribution in [-0.2, 0) is 5.41 Å². The zero-order valence-corrected chi connectivity index (χ0v) is 12.8. The van der Waals surface area contributed by atoms with Crippen LogP contribution < -0.4 is 4.74 Å². The summed E-state index contributed by atoms with van der Waals surface area (Å²) >= 11 is 0. The van der Waals surface area contributed by atoms with Crippen LogP contribution in [0.4, 0.5) is 0 Å². The number of rotatable bonds is 1. The Balaban J connectivity index is 0.000000219. The van der Waals surface area contributed by atoms with Crippen molar-refractivity contribution < 1.29 is 20.1 Å². The lowest BCUT2D eigenvalue weighted by atomic mass is 9.86. The highest BCUT2D eigenvalue weighted by Gasteiger charge is 2.19. The maximum Gasteiger partial charge on any atom is 0.161 e. The molecule has 0 atom stereocenters. The maximum atomic E-state index is 9.48. The quantitative estimate of drug-likeness (QED) is 0.699. The highest BCUT2D eigenvalue weighted by atomic mass is 16.5. The molecule has 0 unspecified atom stereocenters. The topological polar surface area (TPSA) is 69.9 Å². The predicted octanol–water partition coefficient (Wildman–Crippen LogP) is 3.80. The summed E-state index contributed by atoms with van der Waals surface area (Å²) in [5.74, 6) is 0.630. The van der Waals surface area contributed by atoms with Crippen molar-refractivity contribution in [2.45, 2.75) is 26.2 Å². The first-order valence-electron chi connectivity index (χ1n) is 6.60. The van der Waals surface area contributed by atoms with Gasteiger partial charge in [0.2, 0.25) is 0 Å². The molecule has 2 rings (SSSR count). The Morgan fingerprint density at radius 1 is 0.810 bits per heavy atom. The molecule has 0 amide bonds. The second-order valence-electron chi connectivity index (χ2n) is 5.60. The molecule has 0 bridgehead atoms. The first-order valence-corrected chi connectivity index (χ1v) is 6.60. The minimum atomic E-state index is -0.136. The summed E-state index contributed by atoms with van der Waals surface area (Å²) in [5, 5.41) is 27.7. The van der Waals surface area contributed by atoms with E-state index in [0.29, 0.717) is 5.75 Å². The lowest BCUT2D eigenvalue weighted by Gasteiger charge is -2.20. The standard InChI is InChI=1S/C10H14O2.C7H8O2/c1-10(2,3)7-5-4-6-8(11)9(7)12;1-9-7-5-3-2-4-6(7)8/h4-6,11-12H,1-3H3;2-5,8H,1H3. The van der Waals surface area contributed by atoms with Gasteiger partial charge in [0.1, 0.15) is 0 Å². The average Bonchev–Trinajstić information content (AvgIpc) is 2.42. The highest BCUT2D eigenvalue weighted by Crippen LogP contribution is 2.36. The van der Waals surface area contributed by atoms with Crippen LogP contribution in [-0.4, -0.2) is 22.4 Å². The number of ether oxygens (including phenoxy) is 1. The number of hydrogen-bond donors (Lipinski definition) is 3. The molecule has 114 valence electrons. The zero-order chi connectivity index (χ0) is 16.0. The molecule has 0 saturated heterocycles. The Bertz CT molecular complexity index is 586. The predicted molar refractivity (Wildman–Crippen MR) is 83.1 cm³/mol. The molecular weight excluding hydrogens is 268 g/mol. The fourth-order valence-corrected chi connectivity index (χ4v) is 1.77. The summed E-state index contributed by atoms with van der Waals surface area (Å²) in [7, 11) is 1.52. The molecule has 3 N–H and O–H groups in total. The lowest BCUT2D eigenvalue weighted by Crippen LogP contribution is -2.10. The van der Waals surface area contributed by atoms with Gasteiger partial charge in [-0.05, 0) is 23.6 Å². The van der Waals surface area contributed by atoms with Crippen molar-refractivity contribution in [1.29, 1.82) is 0 Å². The number of phenolic OH excluding ortho intramolecular Hbond substituents is 3. The molecule has 0 aliphatic heterocycles. The molecule has 0 heterocycles. The van der Waals surface area contributed by atoms with Crippen LogP contribution in [0.2, 0.25) is 0 Å². The van der Waals surface area contributed by atoms with Gasteiger partial charge in [0.15, 0.2) is 23.0 Å². The third-order valence-corrected chi connectivity index (χ3v) is 2.91. The molecule has 2 aromatic rings. The molecule has 0 aliphatic rings. The van der Waals surface area contributed by atoms with Gasteiger partial charge in [0.05, 0.1) is 7.11 Å². The van der Waals surface area contributed by atoms with Gasteiger partial charge in [-0.1, -0.05) is 45.0 Å². The van der Waals surface area contributed by atoms with E-state index in [1.165, 1.54) is 13.2 Å². The normalized spacial score (nSPS) is 10.5. The van der Waals surface area contributed by atoms with E-state index in [9.17, 15) is 10.2 Å². The molecule has 4 nitrogen and oxygen atoms in total. The van der Waals surface area contributed by atoms with E-state index in [2.05, 4.69) is 0 Å². The van der Waals surface area contributed by atoms with Crippen molar-refractivity contribution in [1.82, 2.24) is 0 Å². The van der Waals surface area contributed by atoms with E-state index in [4.69, 9.17) is 9.84 Å². The van der Waals surface area contributed by atoms with Crippen LogP contribution in [0.15, 0.2) is 42.5 Å². The van der Waals surface area contributed by atoms with Gasteiger partial charge in [-0.2, -0.15) is 0 Å².